The lowest BCUT2D eigenvalue weighted by Crippen LogP contribution is -2.31. The summed E-state index contributed by atoms with van der Waals surface area (Å²) in [6.45, 7) is -3.04. The molecule has 0 aliphatic heterocycles. The van der Waals surface area contributed by atoms with E-state index >= 15 is 0 Å². The molecule has 3 aromatic rings. The maximum atomic E-state index is 12.7. The molecule has 0 aliphatic rings. The molecule has 2 heterocycles. The molecule has 0 aliphatic carbocycles. The molecule has 30 heavy (non-hydrogen) atoms. The zero-order valence-corrected chi connectivity index (χ0v) is 14.8. The number of hydrogen-bond acceptors (Lipinski definition) is 6. The average molecular weight is 425 g/mol. The van der Waals surface area contributed by atoms with Gasteiger partial charge in [-0.1, -0.05) is 12.1 Å². The molecule has 0 saturated carbocycles. The lowest BCUT2D eigenvalue weighted by Gasteiger charge is -2.10. The Labute approximate surface area is 165 Å². The Bertz CT molecular complexity index is 1060. The van der Waals surface area contributed by atoms with Gasteiger partial charge in [0.15, 0.2) is 0 Å². The van der Waals surface area contributed by atoms with Gasteiger partial charge in [0, 0.05) is 17.3 Å². The number of carbonyl (C=O) groups is 1. The summed E-state index contributed by atoms with van der Waals surface area (Å²) in [4.78, 5) is 23.3. The minimum atomic E-state index is -4.62. The fourth-order valence-corrected chi connectivity index (χ4v) is 2.45. The van der Waals surface area contributed by atoms with Gasteiger partial charge in [-0.2, -0.15) is 22.0 Å². The largest absolute Gasteiger partial charge is 0.435 e. The van der Waals surface area contributed by atoms with E-state index in [2.05, 4.69) is 19.7 Å². The first-order chi connectivity index (χ1) is 14.2. The number of amides is 1. The zero-order chi connectivity index (χ0) is 21.9. The maximum Gasteiger partial charge on any atom is 0.433 e. The maximum absolute atomic E-state index is 12.7. The number of carbonyl (C=O) groups excluding carboxylic acids is 1. The van der Waals surface area contributed by atoms with Crippen LogP contribution in [-0.2, 0) is 6.18 Å². The van der Waals surface area contributed by atoms with Crippen molar-refractivity contribution in [1.29, 1.82) is 0 Å². The predicted octanol–water partition coefficient (Wildman–Crippen LogP) is 3.43. The molecule has 0 fully saturated rings. The van der Waals surface area contributed by atoms with Gasteiger partial charge in [-0.05, 0) is 30.3 Å². The van der Waals surface area contributed by atoms with E-state index in [-0.39, 0.29) is 28.5 Å². The first kappa shape index (κ1) is 21.0. The number of hydrogen-bond donors (Lipinski definition) is 2. The second-order valence-electron chi connectivity index (χ2n) is 5.77. The van der Waals surface area contributed by atoms with Gasteiger partial charge in [-0.25, -0.2) is 15.8 Å². The quantitative estimate of drug-likeness (QED) is 0.281. The van der Waals surface area contributed by atoms with Crippen LogP contribution in [0.25, 0.3) is 22.5 Å². The third-order valence-corrected chi connectivity index (χ3v) is 3.76. The number of nitrogens with zero attached hydrogens (tertiary/aromatic N) is 3. The topological polar surface area (TPSA) is 103 Å². The lowest BCUT2D eigenvalue weighted by molar-refractivity contribution is -0.141. The van der Waals surface area contributed by atoms with E-state index in [9.17, 15) is 26.7 Å². The van der Waals surface area contributed by atoms with Crippen LogP contribution >= 0.6 is 0 Å². The van der Waals surface area contributed by atoms with E-state index in [0.29, 0.717) is 5.56 Å². The number of halogens is 5. The molecular weight excluding hydrogens is 413 g/mol. The first-order valence-corrected chi connectivity index (χ1v) is 8.16. The van der Waals surface area contributed by atoms with Crippen molar-refractivity contribution in [2.24, 2.45) is 5.84 Å². The van der Waals surface area contributed by atoms with Crippen molar-refractivity contribution in [2.75, 3.05) is 0 Å². The third kappa shape index (κ3) is 4.84. The molecule has 3 rings (SSSR count). The van der Waals surface area contributed by atoms with E-state index in [1.54, 1.807) is 0 Å². The number of nitrogens with two attached hydrogens (primary N) is 1. The number of nitrogens with one attached hydrogen (secondary N) is 1. The van der Waals surface area contributed by atoms with Crippen molar-refractivity contribution in [1.82, 2.24) is 20.4 Å². The van der Waals surface area contributed by atoms with Gasteiger partial charge in [-0.15, -0.1) is 0 Å². The highest BCUT2D eigenvalue weighted by molar-refractivity contribution is 5.91. The lowest BCUT2D eigenvalue weighted by atomic mass is 10.1. The molecule has 1 amide bonds. The van der Waals surface area contributed by atoms with Gasteiger partial charge in [0.1, 0.15) is 11.4 Å². The molecule has 0 atom stereocenters. The number of nitrogen functional groups attached to an aromatic ring is 1. The van der Waals surface area contributed by atoms with Crippen LogP contribution < -0.4 is 16.0 Å². The Morgan fingerprint density at radius 2 is 1.73 bits per heavy atom. The highest BCUT2D eigenvalue weighted by atomic mass is 19.4. The van der Waals surface area contributed by atoms with E-state index < -0.39 is 24.4 Å². The van der Waals surface area contributed by atoms with Crippen LogP contribution in [0.4, 0.5) is 22.0 Å². The van der Waals surface area contributed by atoms with E-state index in [1.165, 1.54) is 30.3 Å². The molecule has 0 saturated heterocycles. The molecule has 7 nitrogen and oxygen atoms in total. The summed E-state index contributed by atoms with van der Waals surface area (Å²) in [6.07, 6.45) is -3.68. The number of pyridine rings is 1. The monoisotopic (exact) mass is 425 g/mol. The summed E-state index contributed by atoms with van der Waals surface area (Å²) in [7, 11) is 0. The van der Waals surface area contributed by atoms with Crippen LogP contribution in [0.2, 0.25) is 0 Å². The number of alkyl halides is 5. The highest BCUT2D eigenvalue weighted by Crippen LogP contribution is 2.30. The summed E-state index contributed by atoms with van der Waals surface area (Å²) in [5, 5.41) is 0. The van der Waals surface area contributed by atoms with Gasteiger partial charge >= 0.3 is 18.7 Å². The molecular formula is C18H12F5N5O2. The van der Waals surface area contributed by atoms with E-state index in [1.807, 2.05) is 5.43 Å². The molecule has 0 spiro atoms. The molecule has 1 aromatic carbocycles. The Hall–Kier alpha value is -3.67. The van der Waals surface area contributed by atoms with Crippen molar-refractivity contribution in [2.45, 2.75) is 12.8 Å². The smallest absolute Gasteiger partial charge is 0.433 e. The molecule has 0 bridgehead atoms. The van der Waals surface area contributed by atoms with Gasteiger partial charge in [0.25, 0.3) is 0 Å². The van der Waals surface area contributed by atoms with Crippen LogP contribution in [0.1, 0.15) is 16.3 Å². The number of ether oxygens (including phenoxy) is 1. The Kier molecular flexibility index (Phi) is 5.87. The van der Waals surface area contributed by atoms with Crippen LogP contribution in [0.3, 0.4) is 0 Å². The second-order valence-corrected chi connectivity index (χ2v) is 5.77. The van der Waals surface area contributed by atoms with Crippen molar-refractivity contribution in [3.8, 4) is 28.3 Å². The van der Waals surface area contributed by atoms with Crippen molar-refractivity contribution >= 4 is 5.91 Å². The zero-order valence-electron chi connectivity index (χ0n) is 14.8. The van der Waals surface area contributed by atoms with E-state index in [4.69, 9.17) is 5.84 Å². The van der Waals surface area contributed by atoms with Crippen LogP contribution in [0.5, 0.6) is 5.75 Å². The van der Waals surface area contributed by atoms with Gasteiger partial charge in [0.05, 0.1) is 11.4 Å². The summed E-state index contributed by atoms with van der Waals surface area (Å²) in [5.41, 5.74) is 1.40. The van der Waals surface area contributed by atoms with Gasteiger partial charge < -0.3 is 4.74 Å². The summed E-state index contributed by atoms with van der Waals surface area (Å²) < 4.78 is 67.5. The first-order valence-electron chi connectivity index (χ1n) is 8.16. The fraction of sp³-hybridized carbons (Fsp3) is 0.111. The highest BCUT2D eigenvalue weighted by Gasteiger charge is 2.32. The van der Waals surface area contributed by atoms with Gasteiger partial charge in [0.2, 0.25) is 5.82 Å². The second kappa shape index (κ2) is 8.37. The Balaban J connectivity index is 2.08. The van der Waals surface area contributed by atoms with Crippen molar-refractivity contribution < 1.29 is 31.5 Å². The van der Waals surface area contributed by atoms with Crippen LogP contribution in [-0.4, -0.2) is 27.5 Å². The Morgan fingerprint density at radius 1 is 1.03 bits per heavy atom. The summed E-state index contributed by atoms with van der Waals surface area (Å²) in [5.74, 6) is 3.71. The number of aromatic nitrogens is 3. The fourth-order valence-electron chi connectivity index (χ4n) is 2.45. The van der Waals surface area contributed by atoms with E-state index in [0.717, 1.165) is 18.3 Å². The summed E-state index contributed by atoms with van der Waals surface area (Å²) in [6, 6.07) is 8.74. The molecule has 0 unspecified atom stereocenters. The minimum absolute atomic E-state index is 0.0694. The molecule has 3 N–H and O–H groups in total. The Morgan fingerprint density at radius 3 is 2.30 bits per heavy atom. The van der Waals surface area contributed by atoms with Gasteiger partial charge in [-0.3, -0.25) is 15.2 Å². The third-order valence-electron chi connectivity index (χ3n) is 3.76. The minimum Gasteiger partial charge on any atom is -0.435 e. The molecule has 12 heteroatoms. The predicted molar refractivity (Wildman–Crippen MR) is 94.0 cm³/mol. The normalized spacial score (nSPS) is 11.4. The molecule has 156 valence electrons. The number of benzene rings is 1. The van der Waals surface area contributed by atoms with Crippen molar-refractivity contribution in [3.63, 3.8) is 0 Å². The number of rotatable bonds is 5. The number of hydrazine groups is 1. The van der Waals surface area contributed by atoms with Crippen LogP contribution in [0, 0.1) is 0 Å². The average Bonchev–Trinajstić information content (AvgIpc) is 2.72. The SMILES string of the molecule is NNC(=O)c1nc(-c2ccc(C(F)(F)F)nc2)cc(-c2cccc(OC(F)F)c2)n1. The molecule has 2 aromatic heterocycles. The standard InChI is InChI=1S/C18H12F5N5O2/c19-17(20)30-11-3-1-2-9(6-11)12-7-13(27-15(26-12)16(29)28-24)10-4-5-14(25-8-10)18(21,22)23/h1-8,17H,24H2,(H,28,29). The summed E-state index contributed by atoms with van der Waals surface area (Å²) >= 11 is 0. The van der Waals surface area contributed by atoms with Crippen LogP contribution in [0.15, 0.2) is 48.7 Å². The molecule has 0 radical (unpaired) electrons. The van der Waals surface area contributed by atoms with Crippen molar-refractivity contribution in [3.05, 3.63) is 60.2 Å².